The summed E-state index contributed by atoms with van der Waals surface area (Å²) in [7, 11) is 1.66. The van der Waals surface area contributed by atoms with Crippen molar-refractivity contribution in [2.24, 2.45) is 4.99 Å². The Bertz CT molecular complexity index is 792. The highest BCUT2D eigenvalue weighted by Crippen LogP contribution is 2.35. The van der Waals surface area contributed by atoms with Crippen molar-refractivity contribution in [3.63, 3.8) is 0 Å². The fourth-order valence-electron chi connectivity index (χ4n) is 3.58. The third kappa shape index (κ3) is 9.07. The van der Waals surface area contributed by atoms with Gasteiger partial charge in [-0.05, 0) is 54.8 Å². The zero-order valence-electron chi connectivity index (χ0n) is 21.0. The number of unbranched alkanes of at least 4 members (excludes halogenated alkanes) is 7. The second kappa shape index (κ2) is 15.8. The van der Waals surface area contributed by atoms with Crippen LogP contribution in [-0.4, -0.2) is 42.8 Å². The van der Waals surface area contributed by atoms with Crippen molar-refractivity contribution >= 4 is 28.9 Å². The molecule has 1 saturated heterocycles. The topological polar surface area (TPSA) is 51.1 Å². The van der Waals surface area contributed by atoms with E-state index in [2.05, 4.69) is 20.8 Å². The zero-order valence-corrected chi connectivity index (χ0v) is 21.8. The molecule has 0 atom stereocenters. The molecular formula is C27H42N2O3S. The van der Waals surface area contributed by atoms with Gasteiger partial charge in [0, 0.05) is 13.1 Å². The summed E-state index contributed by atoms with van der Waals surface area (Å²) in [5.41, 5.74) is 0.930. The van der Waals surface area contributed by atoms with E-state index in [1.54, 1.807) is 7.11 Å². The van der Waals surface area contributed by atoms with Gasteiger partial charge >= 0.3 is 0 Å². The van der Waals surface area contributed by atoms with Gasteiger partial charge in [0.05, 0.1) is 18.6 Å². The predicted molar refractivity (Wildman–Crippen MR) is 141 cm³/mol. The monoisotopic (exact) mass is 474 g/mol. The van der Waals surface area contributed by atoms with Crippen molar-refractivity contribution in [2.75, 3.05) is 26.8 Å². The Labute approximate surface area is 205 Å². The van der Waals surface area contributed by atoms with Gasteiger partial charge in [0.15, 0.2) is 16.7 Å². The third-order valence-electron chi connectivity index (χ3n) is 5.62. The van der Waals surface area contributed by atoms with Gasteiger partial charge in [-0.2, -0.15) is 0 Å². The van der Waals surface area contributed by atoms with Crippen molar-refractivity contribution in [2.45, 2.75) is 85.0 Å². The molecule has 1 aromatic rings. The number of benzene rings is 1. The van der Waals surface area contributed by atoms with E-state index in [0.29, 0.717) is 17.3 Å². The normalized spacial score (nSPS) is 16.2. The highest BCUT2D eigenvalue weighted by molar-refractivity contribution is 8.18. The lowest BCUT2D eigenvalue weighted by Gasteiger charge is -2.14. The molecule has 0 bridgehead atoms. The van der Waals surface area contributed by atoms with E-state index in [-0.39, 0.29) is 5.91 Å². The summed E-state index contributed by atoms with van der Waals surface area (Å²) in [5, 5.41) is 0.832. The standard InChI is InChI=1S/C27H42N2O3S/c1-5-8-11-12-13-14-19-32-23-16-15-22(20-24(23)31-4)21-25-26(30)29(18-10-7-3)27(33-25)28-17-9-6-2/h15-16,20-21H,5-14,17-19H2,1-4H3. The summed E-state index contributed by atoms with van der Waals surface area (Å²) < 4.78 is 11.5. The quantitative estimate of drug-likeness (QED) is 0.186. The van der Waals surface area contributed by atoms with Crippen LogP contribution in [0, 0.1) is 0 Å². The van der Waals surface area contributed by atoms with Crippen molar-refractivity contribution < 1.29 is 14.3 Å². The SMILES string of the molecule is CCCCCCCCOc1ccc(C=C2SC(=NCCCC)N(CCCC)C2=O)cc1OC. The van der Waals surface area contributed by atoms with Crippen LogP contribution in [0.1, 0.15) is 90.5 Å². The lowest BCUT2D eigenvalue weighted by Crippen LogP contribution is -2.30. The molecule has 0 radical (unpaired) electrons. The van der Waals surface area contributed by atoms with Crippen LogP contribution >= 0.6 is 11.8 Å². The molecule has 0 unspecified atom stereocenters. The first kappa shape index (κ1) is 27.3. The van der Waals surface area contributed by atoms with E-state index < -0.39 is 0 Å². The number of aliphatic imine (C=N–C) groups is 1. The van der Waals surface area contributed by atoms with Gasteiger partial charge in [0.25, 0.3) is 5.91 Å². The molecule has 6 heteroatoms. The molecular weight excluding hydrogens is 432 g/mol. The summed E-state index contributed by atoms with van der Waals surface area (Å²) >= 11 is 1.48. The maximum absolute atomic E-state index is 13.0. The van der Waals surface area contributed by atoms with Gasteiger partial charge in [-0.25, -0.2) is 0 Å². The fourth-order valence-corrected chi connectivity index (χ4v) is 4.61. The minimum atomic E-state index is 0.0473. The second-order valence-electron chi connectivity index (χ2n) is 8.47. The van der Waals surface area contributed by atoms with Crippen LogP contribution in [-0.2, 0) is 4.79 Å². The number of carbonyl (C=O) groups is 1. The lowest BCUT2D eigenvalue weighted by molar-refractivity contribution is -0.122. The molecule has 1 amide bonds. The van der Waals surface area contributed by atoms with E-state index in [4.69, 9.17) is 14.5 Å². The minimum Gasteiger partial charge on any atom is -0.493 e. The number of ether oxygens (including phenoxy) is 2. The average Bonchev–Trinajstić information content (AvgIpc) is 3.11. The fraction of sp³-hybridized carbons (Fsp3) is 0.630. The summed E-state index contributed by atoms with van der Waals surface area (Å²) in [4.78, 5) is 20.3. The number of hydrogen-bond acceptors (Lipinski definition) is 5. The number of carbonyl (C=O) groups excluding carboxylic acids is 1. The average molecular weight is 475 g/mol. The van der Waals surface area contributed by atoms with Crippen molar-refractivity contribution in [3.05, 3.63) is 28.7 Å². The molecule has 5 nitrogen and oxygen atoms in total. The molecule has 33 heavy (non-hydrogen) atoms. The molecule has 0 saturated carbocycles. The van der Waals surface area contributed by atoms with Gasteiger partial charge in [0.2, 0.25) is 0 Å². The van der Waals surface area contributed by atoms with Crippen LogP contribution in [0.3, 0.4) is 0 Å². The van der Waals surface area contributed by atoms with E-state index in [1.165, 1.54) is 43.9 Å². The van der Waals surface area contributed by atoms with E-state index in [9.17, 15) is 4.79 Å². The van der Waals surface area contributed by atoms with Gasteiger partial charge in [-0.1, -0.05) is 71.8 Å². The molecule has 1 aromatic carbocycles. The molecule has 0 aliphatic carbocycles. The smallest absolute Gasteiger partial charge is 0.266 e. The van der Waals surface area contributed by atoms with Gasteiger partial charge < -0.3 is 9.47 Å². The summed E-state index contributed by atoms with van der Waals surface area (Å²) in [6, 6.07) is 5.88. The Morgan fingerprint density at radius 2 is 1.67 bits per heavy atom. The second-order valence-corrected chi connectivity index (χ2v) is 9.47. The number of methoxy groups -OCH3 is 1. The minimum absolute atomic E-state index is 0.0473. The van der Waals surface area contributed by atoms with E-state index >= 15 is 0 Å². The van der Waals surface area contributed by atoms with Crippen LogP contribution < -0.4 is 9.47 Å². The number of thioether (sulfide) groups is 1. The molecule has 2 rings (SSSR count). The first-order valence-corrected chi connectivity index (χ1v) is 13.5. The summed E-state index contributed by atoms with van der Waals surface area (Å²) in [5.74, 6) is 1.50. The molecule has 184 valence electrons. The van der Waals surface area contributed by atoms with Crippen molar-refractivity contribution in [3.8, 4) is 11.5 Å². The van der Waals surface area contributed by atoms with Crippen LogP contribution in [0.5, 0.6) is 11.5 Å². The van der Waals surface area contributed by atoms with Gasteiger partial charge in [-0.3, -0.25) is 14.7 Å². The Hall–Kier alpha value is -1.95. The lowest BCUT2D eigenvalue weighted by atomic mass is 10.1. The van der Waals surface area contributed by atoms with Gasteiger partial charge in [0.1, 0.15) is 0 Å². The summed E-state index contributed by atoms with van der Waals surface area (Å²) in [6.45, 7) is 8.71. The first-order valence-electron chi connectivity index (χ1n) is 12.7. The number of hydrogen-bond donors (Lipinski definition) is 0. The molecule has 1 aliphatic heterocycles. The largest absolute Gasteiger partial charge is 0.493 e. The molecule has 1 aliphatic rings. The van der Waals surface area contributed by atoms with Crippen LogP contribution in [0.15, 0.2) is 28.1 Å². The van der Waals surface area contributed by atoms with Crippen molar-refractivity contribution in [1.82, 2.24) is 4.90 Å². The Morgan fingerprint density at radius 3 is 2.39 bits per heavy atom. The highest BCUT2D eigenvalue weighted by Gasteiger charge is 2.32. The summed E-state index contributed by atoms with van der Waals surface area (Å²) in [6.07, 6.45) is 13.5. The molecule has 0 spiro atoms. The Morgan fingerprint density at radius 1 is 0.939 bits per heavy atom. The maximum Gasteiger partial charge on any atom is 0.266 e. The molecule has 0 N–H and O–H groups in total. The number of rotatable bonds is 16. The van der Waals surface area contributed by atoms with Crippen LogP contribution in [0.4, 0.5) is 0 Å². The maximum atomic E-state index is 13.0. The molecule has 0 aromatic heterocycles. The number of amidine groups is 1. The first-order chi connectivity index (χ1) is 16.1. The van der Waals surface area contributed by atoms with E-state index in [1.807, 2.05) is 29.2 Å². The third-order valence-corrected chi connectivity index (χ3v) is 6.67. The van der Waals surface area contributed by atoms with Crippen LogP contribution in [0.25, 0.3) is 6.08 Å². The van der Waals surface area contributed by atoms with E-state index in [0.717, 1.165) is 61.7 Å². The molecule has 1 heterocycles. The Kier molecular flexibility index (Phi) is 13.1. The van der Waals surface area contributed by atoms with Crippen molar-refractivity contribution in [1.29, 1.82) is 0 Å². The van der Waals surface area contributed by atoms with Crippen LogP contribution in [0.2, 0.25) is 0 Å². The van der Waals surface area contributed by atoms with Gasteiger partial charge in [-0.15, -0.1) is 0 Å². The molecule has 1 fully saturated rings. The highest BCUT2D eigenvalue weighted by atomic mass is 32.2. The Balaban J connectivity index is 2.04. The predicted octanol–water partition coefficient (Wildman–Crippen LogP) is 7.31. The number of nitrogens with zero attached hydrogens (tertiary/aromatic N) is 2. The number of amides is 1. The zero-order chi connectivity index (χ0) is 23.9.